The second-order valence-electron chi connectivity index (χ2n) is 8.09. The molecule has 0 unspecified atom stereocenters. The van der Waals surface area contributed by atoms with E-state index in [1.165, 1.54) is 27.3 Å². The number of fused-ring (bicyclic) bond motifs is 4. The first-order chi connectivity index (χ1) is 14.4. The van der Waals surface area contributed by atoms with Crippen LogP contribution >= 0.6 is 0 Å². The van der Waals surface area contributed by atoms with E-state index >= 15 is 0 Å². The van der Waals surface area contributed by atoms with Crippen molar-refractivity contribution in [3.05, 3.63) is 83.4 Å². The molecule has 5 aromatic rings. The third-order valence-corrected chi connectivity index (χ3v) is 5.68. The summed E-state index contributed by atoms with van der Waals surface area (Å²) in [5.74, 6) is 1.03. The lowest BCUT2D eigenvalue weighted by Gasteiger charge is -2.10. The molecule has 1 heterocycles. The fourth-order valence-corrected chi connectivity index (χ4v) is 4.64. The minimum absolute atomic E-state index is 0.0634. The summed E-state index contributed by atoms with van der Waals surface area (Å²) in [4.78, 5) is 11.7. The van der Waals surface area contributed by atoms with E-state index in [-0.39, 0.29) is 5.91 Å². The van der Waals surface area contributed by atoms with Gasteiger partial charge in [-0.25, -0.2) is 0 Å². The Morgan fingerprint density at radius 2 is 1.43 bits per heavy atom. The Labute approximate surface area is 175 Å². The van der Waals surface area contributed by atoms with Crippen LogP contribution in [0, 0.1) is 20.8 Å². The number of aryl methyl sites for hydroxylation is 3. The summed E-state index contributed by atoms with van der Waals surface area (Å²) < 4.78 is 3.50. The van der Waals surface area contributed by atoms with Crippen molar-refractivity contribution in [2.75, 3.05) is 5.32 Å². The highest BCUT2D eigenvalue weighted by Gasteiger charge is 2.26. The maximum absolute atomic E-state index is 11.7. The molecule has 0 aliphatic carbocycles. The van der Waals surface area contributed by atoms with Crippen LogP contribution in [0.25, 0.3) is 38.5 Å². The molecule has 0 aliphatic heterocycles. The van der Waals surface area contributed by atoms with Crippen molar-refractivity contribution in [1.29, 1.82) is 0 Å². The highest BCUT2D eigenvalue weighted by Crippen LogP contribution is 2.44. The van der Waals surface area contributed by atoms with Gasteiger partial charge in [0.15, 0.2) is 0 Å². The highest BCUT2D eigenvalue weighted by molar-refractivity contribution is 6.10. The average Bonchev–Trinajstić information content (AvgIpc) is 3.02. The summed E-state index contributed by atoms with van der Waals surface area (Å²) >= 11 is 0. The zero-order valence-electron chi connectivity index (χ0n) is 17.7. The molecule has 0 aliphatic rings. The molecule has 3 heteroatoms. The van der Waals surface area contributed by atoms with Crippen molar-refractivity contribution < 1.29 is 8.84 Å². The molecule has 3 nitrogen and oxygen atoms in total. The van der Waals surface area contributed by atoms with Gasteiger partial charge in [-0.1, -0.05) is 30.3 Å². The average molecular weight is 394 g/mol. The van der Waals surface area contributed by atoms with Crippen LogP contribution in [0.4, 0.5) is 5.69 Å². The molecule has 4 aromatic carbocycles. The van der Waals surface area contributed by atoms with Gasteiger partial charge in [0.05, 0.1) is 16.2 Å². The van der Waals surface area contributed by atoms with Gasteiger partial charge in [-0.05, 0) is 62.1 Å². The largest absolute Gasteiger partial charge is 0.497 e. The Morgan fingerprint density at radius 1 is 0.767 bits per heavy atom. The summed E-state index contributed by atoms with van der Waals surface area (Å²) in [6, 6.07) is 23.5. The van der Waals surface area contributed by atoms with Crippen molar-refractivity contribution in [1.82, 2.24) is 0 Å². The van der Waals surface area contributed by atoms with Crippen molar-refractivity contribution in [3.8, 4) is 5.75 Å². The Hall–Kier alpha value is -3.59. The molecule has 0 saturated heterocycles. The molecule has 30 heavy (non-hydrogen) atoms. The van der Waals surface area contributed by atoms with E-state index in [1.807, 2.05) is 6.07 Å². The van der Waals surface area contributed by atoms with Gasteiger partial charge in [-0.2, -0.15) is 0 Å². The fraction of sp³-hybridized carbons (Fsp3) is 0.148. The third-order valence-electron chi connectivity index (χ3n) is 5.68. The number of carbonyl (C=O) groups excluding carboxylic acids is 1. The number of furan rings is 1. The minimum Gasteiger partial charge on any atom is -0.497 e. The molecule has 0 radical (unpaired) electrons. The third kappa shape index (κ3) is 2.78. The van der Waals surface area contributed by atoms with Gasteiger partial charge in [-0.3, -0.25) is 4.79 Å². The summed E-state index contributed by atoms with van der Waals surface area (Å²) in [7, 11) is 0. The number of hydrogen-bond donors (Lipinski definition) is 1. The number of nitrogens with one attached hydrogen (secondary N) is 1. The SMILES string of the molecule is CC(=O)Nc1cc(C)c2c(c1)c1cc(C)cc(C)c1[o+]2-c1cccc2ccccc12. The maximum atomic E-state index is 11.7. The van der Waals surface area contributed by atoms with E-state index in [4.69, 9.17) is 0 Å². The lowest BCUT2D eigenvalue weighted by atomic mass is 10.0. The van der Waals surface area contributed by atoms with E-state index in [0.29, 0.717) is 0 Å². The normalized spacial score (nSPS) is 11.5. The molecule has 1 amide bonds. The molecule has 5 rings (SSSR count). The van der Waals surface area contributed by atoms with E-state index < -0.39 is 0 Å². The highest BCUT2D eigenvalue weighted by atomic mass is 16.6. The number of anilines is 1. The molecule has 0 atom stereocenters. The predicted octanol–water partition coefficient (Wildman–Crippen LogP) is 7.30. The van der Waals surface area contributed by atoms with Crippen LogP contribution in [0.1, 0.15) is 23.6 Å². The zero-order valence-corrected chi connectivity index (χ0v) is 17.7. The van der Waals surface area contributed by atoms with Crippen LogP contribution in [-0.2, 0) is 4.79 Å². The number of carbonyl (C=O) groups is 1. The molecular weight excluding hydrogens is 370 g/mol. The smallest absolute Gasteiger partial charge is 0.279 e. The van der Waals surface area contributed by atoms with Crippen LogP contribution in [0.15, 0.2) is 70.8 Å². The molecule has 0 bridgehead atoms. The van der Waals surface area contributed by atoms with Gasteiger partial charge in [-0.15, -0.1) is 0 Å². The number of amides is 1. The van der Waals surface area contributed by atoms with E-state index in [1.54, 1.807) is 6.92 Å². The summed E-state index contributed by atoms with van der Waals surface area (Å²) in [5, 5.41) is 7.65. The molecule has 0 saturated carbocycles. The zero-order chi connectivity index (χ0) is 21.0. The molecular formula is C27H24NO2+. The Balaban J connectivity index is 1.99. The van der Waals surface area contributed by atoms with Crippen molar-refractivity contribution >= 4 is 44.3 Å². The number of benzene rings is 4. The van der Waals surface area contributed by atoms with Gasteiger partial charge < -0.3 is 9.36 Å². The number of hydrogen-bond acceptors (Lipinski definition) is 1. The quantitative estimate of drug-likeness (QED) is 0.313. The molecule has 0 spiro atoms. The van der Waals surface area contributed by atoms with Crippen LogP contribution in [0.3, 0.4) is 0 Å². The second kappa shape index (κ2) is 6.74. The predicted molar refractivity (Wildman–Crippen MR) is 126 cm³/mol. The topological polar surface area (TPSA) is 31.8 Å². The Kier molecular flexibility index (Phi) is 4.14. The fourth-order valence-electron chi connectivity index (χ4n) is 4.64. The monoisotopic (exact) mass is 394 g/mol. The maximum Gasteiger partial charge on any atom is 0.279 e. The van der Waals surface area contributed by atoms with Crippen molar-refractivity contribution in [2.45, 2.75) is 27.7 Å². The van der Waals surface area contributed by atoms with Crippen molar-refractivity contribution in [3.63, 3.8) is 0 Å². The summed E-state index contributed by atoms with van der Waals surface area (Å²) in [6.07, 6.45) is 0. The minimum atomic E-state index is -0.0634. The summed E-state index contributed by atoms with van der Waals surface area (Å²) in [6.45, 7) is 7.93. The van der Waals surface area contributed by atoms with E-state index in [0.717, 1.165) is 33.6 Å². The van der Waals surface area contributed by atoms with E-state index in [2.05, 4.69) is 90.8 Å². The lowest BCUT2D eigenvalue weighted by molar-refractivity contribution is -0.114. The molecule has 0 fully saturated rings. The van der Waals surface area contributed by atoms with Crippen LogP contribution < -0.4 is 5.32 Å². The van der Waals surface area contributed by atoms with Gasteiger partial charge in [0.1, 0.15) is 0 Å². The van der Waals surface area contributed by atoms with Gasteiger partial charge >= 0.3 is 0 Å². The second-order valence-corrected chi connectivity index (χ2v) is 8.09. The first-order valence-corrected chi connectivity index (χ1v) is 10.2. The van der Waals surface area contributed by atoms with E-state index in [9.17, 15) is 4.79 Å². The van der Waals surface area contributed by atoms with Crippen molar-refractivity contribution in [2.24, 2.45) is 0 Å². The van der Waals surface area contributed by atoms with Crippen LogP contribution in [0.5, 0.6) is 0 Å². The van der Waals surface area contributed by atoms with Gasteiger partial charge in [0.25, 0.3) is 16.9 Å². The van der Waals surface area contributed by atoms with Gasteiger partial charge in [0, 0.05) is 29.8 Å². The Morgan fingerprint density at radius 3 is 2.20 bits per heavy atom. The lowest BCUT2D eigenvalue weighted by Crippen LogP contribution is -2.05. The number of rotatable bonds is 2. The first-order valence-electron chi connectivity index (χ1n) is 10.2. The molecule has 1 aromatic heterocycles. The standard InChI is InChI=1S/C27H23NO2/c1-16-12-17(2)26-23(13-16)24-15-21(28-19(4)29)14-18(3)27(24)30(26)25-11-7-9-20-8-5-6-10-22(20)25/h5-15H,1-4H3/p+1. The summed E-state index contributed by atoms with van der Waals surface area (Å²) in [5.41, 5.74) is 6.59. The first kappa shape index (κ1) is 18.4. The molecule has 148 valence electrons. The van der Waals surface area contributed by atoms with Crippen LogP contribution in [-0.4, -0.2) is 5.91 Å². The van der Waals surface area contributed by atoms with Gasteiger partial charge in [0.2, 0.25) is 5.91 Å². The van der Waals surface area contributed by atoms with Crippen LogP contribution in [0.2, 0.25) is 0 Å². The Bertz CT molecular complexity index is 1470. The molecule has 1 N–H and O–H groups in total.